The van der Waals surface area contributed by atoms with Crippen molar-refractivity contribution < 1.29 is 9.90 Å². The Morgan fingerprint density at radius 3 is 2.81 bits per heavy atom. The minimum Gasteiger partial charge on any atom is -0.506 e. The molecule has 0 bridgehead atoms. The van der Waals surface area contributed by atoms with E-state index in [4.69, 9.17) is 0 Å². The number of rotatable bonds is 2. The number of phenols is 1. The highest BCUT2D eigenvalue weighted by Gasteiger charge is 2.06. The summed E-state index contributed by atoms with van der Waals surface area (Å²) in [5, 5.41) is 18.6. The van der Waals surface area contributed by atoms with Crippen LogP contribution < -0.4 is 10.6 Å². The third-order valence-electron chi connectivity index (χ3n) is 1.75. The average molecular weight is 236 g/mol. The number of aromatic hydroxyl groups is 1. The molecule has 0 saturated carbocycles. The number of para-hydroxylation sites is 2. The van der Waals surface area contributed by atoms with Gasteiger partial charge in [-0.2, -0.15) is 0 Å². The molecule has 7 heteroatoms. The van der Waals surface area contributed by atoms with Crippen LogP contribution in [0.1, 0.15) is 0 Å². The fraction of sp³-hybridized carbons (Fsp3) is 0. The Hall–Kier alpha value is -2.15. The Morgan fingerprint density at radius 1 is 1.31 bits per heavy atom. The van der Waals surface area contributed by atoms with Crippen molar-refractivity contribution in [3.8, 4) is 5.75 Å². The number of benzene rings is 1. The summed E-state index contributed by atoms with van der Waals surface area (Å²) in [4.78, 5) is 11.4. The fourth-order valence-corrected chi connectivity index (χ4v) is 1.48. The number of phenolic OH excluding ortho intramolecular Hbond substituents is 1. The Kier molecular flexibility index (Phi) is 2.97. The number of nitrogens with one attached hydrogen (secondary N) is 2. The summed E-state index contributed by atoms with van der Waals surface area (Å²) in [5.41, 5.74) is 0.345. The van der Waals surface area contributed by atoms with Crippen LogP contribution in [0.5, 0.6) is 5.75 Å². The van der Waals surface area contributed by atoms with E-state index in [9.17, 15) is 9.90 Å². The highest BCUT2D eigenvalue weighted by atomic mass is 32.1. The van der Waals surface area contributed by atoms with Gasteiger partial charge in [0, 0.05) is 11.5 Å². The number of anilines is 2. The van der Waals surface area contributed by atoms with Crippen molar-refractivity contribution in [2.75, 3.05) is 10.6 Å². The second-order valence-electron chi connectivity index (χ2n) is 2.88. The number of nitrogens with zero attached hydrogens (tertiary/aromatic N) is 2. The van der Waals surface area contributed by atoms with E-state index in [1.165, 1.54) is 12.3 Å². The number of carbonyl (C=O) groups is 1. The largest absolute Gasteiger partial charge is 0.506 e. The topological polar surface area (TPSA) is 87.1 Å². The van der Waals surface area contributed by atoms with E-state index in [1.54, 1.807) is 18.2 Å². The Balaban J connectivity index is 2.00. The van der Waals surface area contributed by atoms with E-state index in [2.05, 4.69) is 20.2 Å². The summed E-state index contributed by atoms with van der Waals surface area (Å²) in [6.07, 6.45) is 1.44. The first-order valence-corrected chi connectivity index (χ1v) is 5.16. The molecule has 1 heterocycles. The molecule has 1 aromatic heterocycles. The van der Waals surface area contributed by atoms with Gasteiger partial charge in [0.05, 0.1) is 11.9 Å². The maximum absolute atomic E-state index is 11.4. The van der Waals surface area contributed by atoms with Gasteiger partial charge < -0.3 is 10.4 Å². The van der Waals surface area contributed by atoms with Crippen molar-refractivity contribution in [1.82, 2.24) is 9.59 Å². The quantitative estimate of drug-likeness (QED) is 0.695. The summed E-state index contributed by atoms with van der Waals surface area (Å²) >= 11 is 1.07. The van der Waals surface area contributed by atoms with Crippen LogP contribution in [0.2, 0.25) is 0 Å². The van der Waals surface area contributed by atoms with Gasteiger partial charge in [-0.3, -0.25) is 5.32 Å². The lowest BCUT2D eigenvalue weighted by Crippen LogP contribution is -2.18. The molecule has 16 heavy (non-hydrogen) atoms. The van der Waals surface area contributed by atoms with E-state index in [-0.39, 0.29) is 5.75 Å². The molecule has 2 rings (SSSR count). The molecule has 0 saturated heterocycles. The van der Waals surface area contributed by atoms with Gasteiger partial charge in [-0.25, -0.2) is 4.79 Å². The number of urea groups is 1. The second kappa shape index (κ2) is 4.58. The van der Waals surface area contributed by atoms with Crippen LogP contribution in [-0.2, 0) is 0 Å². The molecular weight excluding hydrogens is 228 g/mol. The number of hydrogen-bond acceptors (Lipinski definition) is 5. The lowest BCUT2D eigenvalue weighted by Gasteiger charge is -2.06. The third-order valence-corrected chi connectivity index (χ3v) is 2.33. The molecular formula is C9H8N4O2S. The van der Waals surface area contributed by atoms with Crippen LogP contribution in [0, 0.1) is 0 Å². The van der Waals surface area contributed by atoms with Crippen LogP contribution >= 0.6 is 11.5 Å². The third kappa shape index (κ3) is 2.45. The zero-order valence-electron chi connectivity index (χ0n) is 8.04. The first kappa shape index (κ1) is 10.4. The molecule has 1 aromatic carbocycles. The number of hydrogen-bond donors (Lipinski definition) is 3. The first-order chi connectivity index (χ1) is 7.75. The van der Waals surface area contributed by atoms with Gasteiger partial charge in [-0.05, 0) is 12.1 Å². The van der Waals surface area contributed by atoms with Gasteiger partial charge in [0.2, 0.25) is 0 Å². The van der Waals surface area contributed by atoms with Crippen LogP contribution in [0.4, 0.5) is 15.5 Å². The predicted octanol–water partition coefficient (Wildman–Crippen LogP) is 1.89. The predicted molar refractivity (Wildman–Crippen MR) is 60.7 cm³/mol. The number of amides is 2. The number of carbonyl (C=O) groups excluding carboxylic acids is 1. The smallest absolute Gasteiger partial charge is 0.324 e. The van der Waals surface area contributed by atoms with Gasteiger partial charge in [-0.15, -0.1) is 5.10 Å². The minimum atomic E-state index is -0.451. The van der Waals surface area contributed by atoms with Gasteiger partial charge >= 0.3 is 6.03 Å². The molecule has 0 unspecified atom stereocenters. The maximum atomic E-state index is 11.4. The van der Waals surface area contributed by atoms with Crippen molar-refractivity contribution in [3.05, 3.63) is 30.5 Å². The molecule has 0 radical (unpaired) electrons. The van der Waals surface area contributed by atoms with E-state index in [1.807, 2.05) is 0 Å². The zero-order chi connectivity index (χ0) is 11.4. The molecule has 3 N–H and O–H groups in total. The monoisotopic (exact) mass is 236 g/mol. The van der Waals surface area contributed by atoms with Gasteiger partial charge in [0.15, 0.2) is 0 Å². The summed E-state index contributed by atoms with van der Waals surface area (Å²) < 4.78 is 3.60. The maximum Gasteiger partial charge on any atom is 0.324 e. The summed E-state index contributed by atoms with van der Waals surface area (Å²) in [7, 11) is 0. The van der Waals surface area contributed by atoms with Gasteiger partial charge in [0.25, 0.3) is 0 Å². The second-order valence-corrected chi connectivity index (χ2v) is 3.66. The fourth-order valence-electron chi connectivity index (χ4n) is 1.07. The molecule has 0 spiro atoms. The highest BCUT2D eigenvalue weighted by molar-refractivity contribution is 7.10. The van der Waals surface area contributed by atoms with Crippen molar-refractivity contribution in [2.24, 2.45) is 0 Å². The van der Waals surface area contributed by atoms with Crippen molar-refractivity contribution in [3.63, 3.8) is 0 Å². The Labute approximate surface area is 95.1 Å². The van der Waals surface area contributed by atoms with E-state index in [0.29, 0.717) is 10.7 Å². The normalized spacial score (nSPS) is 9.75. The first-order valence-electron chi connectivity index (χ1n) is 4.39. The summed E-state index contributed by atoms with van der Waals surface area (Å²) in [6.45, 7) is 0. The van der Waals surface area contributed by atoms with Crippen LogP contribution in [0.15, 0.2) is 30.5 Å². The van der Waals surface area contributed by atoms with E-state index in [0.717, 1.165) is 11.5 Å². The molecule has 0 aliphatic heterocycles. The lowest BCUT2D eigenvalue weighted by molar-refractivity contribution is 0.262. The van der Waals surface area contributed by atoms with E-state index < -0.39 is 6.03 Å². The Bertz CT molecular complexity index is 486. The van der Waals surface area contributed by atoms with Crippen LogP contribution in [-0.4, -0.2) is 20.7 Å². The van der Waals surface area contributed by atoms with Crippen molar-refractivity contribution in [1.29, 1.82) is 0 Å². The minimum absolute atomic E-state index is 0.0140. The average Bonchev–Trinajstić information content (AvgIpc) is 2.74. The Morgan fingerprint density at radius 2 is 2.12 bits per heavy atom. The molecule has 0 aliphatic rings. The summed E-state index contributed by atoms with van der Waals surface area (Å²) in [6, 6.07) is 6.02. The molecule has 2 aromatic rings. The molecule has 0 atom stereocenters. The molecule has 2 amide bonds. The SMILES string of the molecule is O=C(Nc1cnns1)Nc1ccccc1O. The van der Waals surface area contributed by atoms with Gasteiger partial charge in [0.1, 0.15) is 10.8 Å². The molecule has 0 fully saturated rings. The van der Waals surface area contributed by atoms with E-state index >= 15 is 0 Å². The molecule has 0 aliphatic carbocycles. The molecule has 6 nitrogen and oxygen atoms in total. The highest BCUT2D eigenvalue weighted by Crippen LogP contribution is 2.21. The van der Waals surface area contributed by atoms with Gasteiger partial charge in [-0.1, -0.05) is 16.6 Å². The molecule has 82 valence electrons. The van der Waals surface area contributed by atoms with Crippen molar-refractivity contribution >= 4 is 28.3 Å². The standard InChI is InChI=1S/C9H8N4O2S/c14-7-4-2-1-3-6(7)11-9(15)12-8-5-10-13-16-8/h1-5,14H,(H2,11,12,15). The van der Waals surface area contributed by atoms with Crippen molar-refractivity contribution in [2.45, 2.75) is 0 Å². The van der Waals surface area contributed by atoms with Crippen LogP contribution in [0.25, 0.3) is 0 Å². The summed E-state index contributed by atoms with van der Waals surface area (Å²) in [5.74, 6) is 0.0140. The lowest BCUT2D eigenvalue weighted by atomic mass is 10.3. The number of aromatic nitrogens is 2. The zero-order valence-corrected chi connectivity index (χ0v) is 8.86. The van der Waals surface area contributed by atoms with Crippen LogP contribution in [0.3, 0.4) is 0 Å².